The maximum absolute atomic E-state index is 5.67. The summed E-state index contributed by atoms with van der Waals surface area (Å²) in [5.41, 5.74) is 9.42. The summed E-state index contributed by atoms with van der Waals surface area (Å²) in [6.07, 6.45) is 0. The van der Waals surface area contributed by atoms with Gasteiger partial charge in [0.15, 0.2) is 0 Å². The Hall–Kier alpha value is -2.27. The molecule has 3 N–H and O–H groups in total. The van der Waals surface area contributed by atoms with Crippen LogP contribution in [0.15, 0.2) is 36.4 Å². The van der Waals surface area contributed by atoms with E-state index >= 15 is 0 Å². The Balaban J connectivity index is 2.29. The van der Waals surface area contributed by atoms with Crippen molar-refractivity contribution in [1.82, 2.24) is 0 Å². The van der Waals surface area contributed by atoms with Crippen LogP contribution in [0.5, 0.6) is 11.5 Å². The van der Waals surface area contributed by atoms with Gasteiger partial charge in [0.05, 0.1) is 14.2 Å². The molecule has 0 aromatic heterocycles. The van der Waals surface area contributed by atoms with Crippen molar-refractivity contribution in [3.05, 3.63) is 47.5 Å². The van der Waals surface area contributed by atoms with Crippen LogP contribution in [0.4, 0.5) is 11.4 Å². The van der Waals surface area contributed by atoms with Crippen LogP contribution in [0.2, 0.25) is 0 Å². The van der Waals surface area contributed by atoms with Crippen molar-refractivity contribution < 1.29 is 9.47 Å². The second-order valence-corrected chi connectivity index (χ2v) is 5.06. The summed E-state index contributed by atoms with van der Waals surface area (Å²) in [5, 5.41) is 3.32. The molecule has 0 heterocycles. The van der Waals surface area contributed by atoms with Crippen molar-refractivity contribution in [1.29, 1.82) is 0 Å². The summed E-state index contributed by atoms with van der Waals surface area (Å²) in [7, 11) is 3.25. The highest BCUT2D eigenvalue weighted by molar-refractivity contribution is 7.80. The predicted octanol–water partition coefficient (Wildman–Crippen LogP) is 3.39. The zero-order valence-corrected chi connectivity index (χ0v) is 13.1. The number of rotatable bonds is 5. The van der Waals surface area contributed by atoms with Crippen molar-refractivity contribution in [3.63, 3.8) is 0 Å². The topological polar surface area (TPSA) is 56.5 Å². The molecule has 0 saturated heterocycles. The average Bonchev–Trinajstić information content (AvgIpc) is 2.46. The van der Waals surface area contributed by atoms with Gasteiger partial charge in [-0.3, -0.25) is 0 Å². The minimum atomic E-state index is 0.405. The normalized spacial score (nSPS) is 10.0. The SMILES string of the molecule is COc1cc(Nc2ccc(C(N)=S)c(C)c2)cc(OC)c1. The number of methoxy groups -OCH3 is 2. The van der Waals surface area contributed by atoms with Gasteiger partial charge in [-0.25, -0.2) is 0 Å². The predicted molar refractivity (Wildman–Crippen MR) is 89.9 cm³/mol. The molecular formula is C16H18N2O2S. The second-order valence-electron chi connectivity index (χ2n) is 4.62. The van der Waals surface area contributed by atoms with Gasteiger partial charge in [0.25, 0.3) is 0 Å². The Morgan fingerprint density at radius 2 is 1.62 bits per heavy atom. The number of hydrogen-bond acceptors (Lipinski definition) is 4. The fourth-order valence-corrected chi connectivity index (χ4v) is 2.29. The molecule has 0 radical (unpaired) electrons. The van der Waals surface area contributed by atoms with Crippen LogP contribution in [-0.4, -0.2) is 19.2 Å². The fourth-order valence-electron chi connectivity index (χ4n) is 2.06. The summed E-state index contributed by atoms with van der Waals surface area (Å²) in [4.78, 5) is 0.405. The van der Waals surface area contributed by atoms with Crippen LogP contribution in [0.3, 0.4) is 0 Å². The summed E-state index contributed by atoms with van der Waals surface area (Å²) in [5.74, 6) is 1.46. The largest absolute Gasteiger partial charge is 0.497 e. The highest BCUT2D eigenvalue weighted by atomic mass is 32.1. The van der Waals surface area contributed by atoms with E-state index in [9.17, 15) is 0 Å². The minimum Gasteiger partial charge on any atom is -0.497 e. The van der Waals surface area contributed by atoms with E-state index in [4.69, 9.17) is 27.4 Å². The number of ether oxygens (including phenoxy) is 2. The van der Waals surface area contributed by atoms with Crippen LogP contribution < -0.4 is 20.5 Å². The van der Waals surface area contributed by atoms with Crippen LogP contribution >= 0.6 is 12.2 Å². The van der Waals surface area contributed by atoms with Gasteiger partial charge in [-0.05, 0) is 30.7 Å². The van der Waals surface area contributed by atoms with E-state index in [0.717, 1.165) is 34.0 Å². The van der Waals surface area contributed by atoms with Gasteiger partial charge in [-0.1, -0.05) is 12.2 Å². The van der Waals surface area contributed by atoms with E-state index in [1.165, 1.54) is 0 Å². The molecule has 0 aliphatic heterocycles. The molecule has 0 atom stereocenters. The molecule has 0 unspecified atom stereocenters. The quantitative estimate of drug-likeness (QED) is 0.829. The number of nitrogens with one attached hydrogen (secondary N) is 1. The number of nitrogens with two attached hydrogens (primary N) is 1. The summed E-state index contributed by atoms with van der Waals surface area (Å²) < 4.78 is 10.5. The zero-order chi connectivity index (χ0) is 15.4. The first-order valence-electron chi connectivity index (χ1n) is 6.44. The Kier molecular flexibility index (Phi) is 4.65. The Morgan fingerprint density at radius 1 is 1.00 bits per heavy atom. The smallest absolute Gasteiger partial charge is 0.124 e. The molecule has 0 saturated carbocycles. The van der Waals surface area contributed by atoms with Crippen molar-refractivity contribution in [2.24, 2.45) is 5.73 Å². The Labute approximate surface area is 129 Å². The first-order valence-corrected chi connectivity index (χ1v) is 6.85. The Bertz CT molecular complexity index is 649. The summed E-state index contributed by atoms with van der Waals surface area (Å²) in [6, 6.07) is 11.5. The van der Waals surface area contributed by atoms with Gasteiger partial charge < -0.3 is 20.5 Å². The number of thiocarbonyl (C=S) groups is 1. The molecule has 110 valence electrons. The lowest BCUT2D eigenvalue weighted by Crippen LogP contribution is -2.11. The highest BCUT2D eigenvalue weighted by Gasteiger charge is 2.05. The van der Waals surface area contributed by atoms with Crippen molar-refractivity contribution in [3.8, 4) is 11.5 Å². The van der Waals surface area contributed by atoms with E-state index in [1.807, 2.05) is 43.3 Å². The molecule has 0 aliphatic carbocycles. The third kappa shape index (κ3) is 3.64. The monoisotopic (exact) mass is 302 g/mol. The molecule has 4 nitrogen and oxygen atoms in total. The number of anilines is 2. The Morgan fingerprint density at radius 3 is 2.10 bits per heavy atom. The highest BCUT2D eigenvalue weighted by Crippen LogP contribution is 2.28. The molecule has 2 rings (SSSR count). The summed E-state index contributed by atoms with van der Waals surface area (Å²) in [6.45, 7) is 1.98. The minimum absolute atomic E-state index is 0.405. The lowest BCUT2D eigenvalue weighted by atomic mass is 10.1. The van der Waals surface area contributed by atoms with Gasteiger partial charge in [0, 0.05) is 35.1 Å². The molecule has 2 aromatic carbocycles. The second kappa shape index (κ2) is 6.45. The lowest BCUT2D eigenvalue weighted by Gasteiger charge is -2.12. The van der Waals surface area contributed by atoms with Crippen molar-refractivity contribution in [2.75, 3.05) is 19.5 Å². The van der Waals surface area contributed by atoms with Crippen LogP contribution in [0.1, 0.15) is 11.1 Å². The van der Waals surface area contributed by atoms with E-state index in [0.29, 0.717) is 4.99 Å². The number of hydrogen-bond donors (Lipinski definition) is 2. The van der Waals surface area contributed by atoms with Gasteiger partial charge in [0.2, 0.25) is 0 Å². The van der Waals surface area contributed by atoms with Gasteiger partial charge in [-0.15, -0.1) is 0 Å². The van der Waals surface area contributed by atoms with E-state index in [1.54, 1.807) is 14.2 Å². The molecule has 21 heavy (non-hydrogen) atoms. The van der Waals surface area contributed by atoms with Crippen LogP contribution in [-0.2, 0) is 0 Å². The maximum Gasteiger partial charge on any atom is 0.124 e. The third-order valence-electron chi connectivity index (χ3n) is 3.13. The van der Waals surface area contributed by atoms with E-state index in [2.05, 4.69) is 5.32 Å². The molecule has 2 aromatic rings. The summed E-state index contributed by atoms with van der Waals surface area (Å²) >= 11 is 5.01. The van der Waals surface area contributed by atoms with Crippen molar-refractivity contribution >= 4 is 28.6 Å². The molecule has 0 amide bonds. The van der Waals surface area contributed by atoms with Gasteiger partial charge in [-0.2, -0.15) is 0 Å². The molecule has 0 spiro atoms. The number of benzene rings is 2. The van der Waals surface area contributed by atoms with E-state index in [-0.39, 0.29) is 0 Å². The number of aryl methyl sites for hydroxylation is 1. The van der Waals surface area contributed by atoms with Gasteiger partial charge in [0.1, 0.15) is 16.5 Å². The van der Waals surface area contributed by atoms with Crippen LogP contribution in [0.25, 0.3) is 0 Å². The molecule has 0 aliphatic rings. The zero-order valence-electron chi connectivity index (χ0n) is 12.3. The molecule has 0 bridgehead atoms. The van der Waals surface area contributed by atoms with Gasteiger partial charge >= 0.3 is 0 Å². The molecule has 0 fully saturated rings. The van der Waals surface area contributed by atoms with E-state index < -0.39 is 0 Å². The fraction of sp³-hybridized carbons (Fsp3) is 0.188. The third-order valence-corrected chi connectivity index (χ3v) is 3.35. The maximum atomic E-state index is 5.67. The standard InChI is InChI=1S/C16H18N2O2S/c1-10-6-11(4-5-15(10)16(17)21)18-12-7-13(19-2)9-14(8-12)20-3/h4-9,18H,1-3H3,(H2,17,21). The first-order chi connectivity index (χ1) is 10.0. The lowest BCUT2D eigenvalue weighted by molar-refractivity contribution is 0.395. The molecule has 5 heteroatoms. The first kappa shape index (κ1) is 15.1. The molecular weight excluding hydrogens is 284 g/mol. The average molecular weight is 302 g/mol. The van der Waals surface area contributed by atoms with Crippen molar-refractivity contribution in [2.45, 2.75) is 6.92 Å². The van der Waals surface area contributed by atoms with Crippen LogP contribution in [0, 0.1) is 6.92 Å².